The molecule has 4 nitrogen and oxygen atoms in total. The smallest absolute Gasteiger partial charge is 0.277 e. The van der Waals surface area contributed by atoms with E-state index < -0.39 is 0 Å². The molecule has 23 heavy (non-hydrogen) atoms. The number of nitrogens with one attached hydrogen (secondary N) is 1. The fourth-order valence-corrected chi connectivity index (χ4v) is 2.16. The number of benzene rings is 2. The molecule has 0 aliphatic rings. The maximum absolute atomic E-state index is 11.7. The lowest BCUT2D eigenvalue weighted by molar-refractivity contribution is -0.123. The Morgan fingerprint density at radius 1 is 1.22 bits per heavy atom. The second-order valence-electron chi connectivity index (χ2n) is 4.84. The van der Waals surface area contributed by atoms with Crippen LogP contribution in [0, 0.1) is 6.92 Å². The molecule has 2 aromatic carbocycles. The highest BCUT2D eigenvalue weighted by Gasteiger charge is 2.01. The van der Waals surface area contributed by atoms with Gasteiger partial charge < -0.3 is 4.74 Å². The molecule has 2 aromatic rings. The SMILES string of the molecule is Cc1cccc(OCC(=O)NN=C/C(Br)=C/c2ccccc2)c1. The molecule has 118 valence electrons. The third-order valence-electron chi connectivity index (χ3n) is 2.84. The summed E-state index contributed by atoms with van der Waals surface area (Å²) in [6.07, 6.45) is 3.43. The highest BCUT2D eigenvalue weighted by atomic mass is 79.9. The number of hydrogen-bond acceptors (Lipinski definition) is 3. The van der Waals surface area contributed by atoms with Crippen molar-refractivity contribution in [1.29, 1.82) is 0 Å². The van der Waals surface area contributed by atoms with Gasteiger partial charge in [0.25, 0.3) is 5.91 Å². The standard InChI is InChI=1S/C18H17BrN2O2/c1-14-6-5-9-17(10-14)23-13-18(22)21-20-12-16(19)11-15-7-3-2-4-8-15/h2-12H,13H2,1H3,(H,21,22)/b16-11-,20-12?. The number of hydrogen-bond donors (Lipinski definition) is 1. The van der Waals surface area contributed by atoms with E-state index in [9.17, 15) is 4.79 Å². The van der Waals surface area contributed by atoms with Gasteiger partial charge >= 0.3 is 0 Å². The molecule has 0 fully saturated rings. The molecule has 0 heterocycles. The van der Waals surface area contributed by atoms with Crippen LogP contribution < -0.4 is 10.2 Å². The lowest BCUT2D eigenvalue weighted by Gasteiger charge is -2.05. The normalized spacial score (nSPS) is 11.5. The molecule has 0 aliphatic heterocycles. The number of aryl methyl sites for hydroxylation is 1. The summed E-state index contributed by atoms with van der Waals surface area (Å²) in [4.78, 5) is 11.7. The van der Waals surface area contributed by atoms with Crippen LogP contribution in [0.5, 0.6) is 5.75 Å². The fraction of sp³-hybridized carbons (Fsp3) is 0.111. The number of nitrogens with zero attached hydrogens (tertiary/aromatic N) is 1. The zero-order valence-corrected chi connectivity index (χ0v) is 14.3. The van der Waals surface area contributed by atoms with Crippen LogP contribution in [-0.4, -0.2) is 18.7 Å². The Morgan fingerprint density at radius 2 is 2.00 bits per heavy atom. The van der Waals surface area contributed by atoms with E-state index in [-0.39, 0.29) is 12.5 Å². The molecule has 0 aromatic heterocycles. The van der Waals surface area contributed by atoms with E-state index in [0.29, 0.717) is 5.75 Å². The van der Waals surface area contributed by atoms with Crippen LogP contribution in [0.2, 0.25) is 0 Å². The minimum absolute atomic E-state index is 0.0825. The summed E-state index contributed by atoms with van der Waals surface area (Å²) in [6.45, 7) is 1.88. The van der Waals surface area contributed by atoms with Crippen molar-refractivity contribution in [3.63, 3.8) is 0 Å². The Labute approximate surface area is 144 Å². The Bertz CT molecular complexity index is 712. The largest absolute Gasteiger partial charge is 0.484 e. The van der Waals surface area contributed by atoms with Gasteiger partial charge in [0.2, 0.25) is 0 Å². The summed E-state index contributed by atoms with van der Waals surface area (Å²) in [5.74, 6) is 0.344. The minimum atomic E-state index is -0.317. The Kier molecular flexibility index (Phi) is 6.56. The van der Waals surface area contributed by atoms with Crippen LogP contribution in [0.25, 0.3) is 6.08 Å². The first kappa shape index (κ1) is 17.0. The number of halogens is 1. The van der Waals surface area contributed by atoms with Crippen molar-refractivity contribution < 1.29 is 9.53 Å². The topological polar surface area (TPSA) is 50.7 Å². The summed E-state index contributed by atoms with van der Waals surface area (Å²) >= 11 is 3.38. The molecule has 0 spiro atoms. The van der Waals surface area contributed by atoms with Gasteiger partial charge in [0.15, 0.2) is 6.61 Å². The maximum atomic E-state index is 11.7. The van der Waals surface area contributed by atoms with E-state index in [1.807, 2.05) is 67.6 Å². The van der Waals surface area contributed by atoms with Crippen LogP contribution in [0.1, 0.15) is 11.1 Å². The Hall–Kier alpha value is -2.40. The predicted molar refractivity (Wildman–Crippen MR) is 96.7 cm³/mol. The van der Waals surface area contributed by atoms with Crippen molar-refractivity contribution in [3.8, 4) is 5.75 Å². The molecule has 1 amide bonds. The van der Waals surface area contributed by atoms with E-state index in [2.05, 4.69) is 26.5 Å². The summed E-state index contributed by atoms with van der Waals surface area (Å²) in [7, 11) is 0. The molecular weight excluding hydrogens is 356 g/mol. The predicted octanol–water partition coefficient (Wildman–Crippen LogP) is 3.91. The van der Waals surface area contributed by atoms with Gasteiger partial charge in [-0.1, -0.05) is 42.5 Å². The first-order valence-electron chi connectivity index (χ1n) is 7.07. The Balaban J connectivity index is 1.78. The summed E-state index contributed by atoms with van der Waals surface area (Å²) in [5, 5.41) is 3.88. The monoisotopic (exact) mass is 372 g/mol. The third kappa shape index (κ3) is 6.48. The van der Waals surface area contributed by atoms with E-state index in [0.717, 1.165) is 15.6 Å². The number of carbonyl (C=O) groups excluding carboxylic acids is 1. The molecule has 1 N–H and O–H groups in total. The molecule has 0 aliphatic carbocycles. The highest BCUT2D eigenvalue weighted by Crippen LogP contribution is 2.12. The second-order valence-corrected chi connectivity index (χ2v) is 5.75. The van der Waals surface area contributed by atoms with Crippen molar-refractivity contribution in [2.24, 2.45) is 5.10 Å². The van der Waals surface area contributed by atoms with Crippen LogP contribution in [0.15, 0.2) is 64.2 Å². The van der Waals surface area contributed by atoms with Crippen molar-refractivity contribution >= 4 is 34.1 Å². The van der Waals surface area contributed by atoms with Crippen LogP contribution in [0.3, 0.4) is 0 Å². The minimum Gasteiger partial charge on any atom is -0.484 e. The van der Waals surface area contributed by atoms with Gasteiger partial charge in [-0.25, -0.2) is 5.43 Å². The summed E-state index contributed by atoms with van der Waals surface area (Å²) < 4.78 is 6.14. The number of allylic oxidation sites excluding steroid dienone is 1. The summed E-state index contributed by atoms with van der Waals surface area (Å²) in [5.41, 5.74) is 4.54. The lowest BCUT2D eigenvalue weighted by Crippen LogP contribution is -2.24. The van der Waals surface area contributed by atoms with Crippen LogP contribution in [0.4, 0.5) is 0 Å². The van der Waals surface area contributed by atoms with Gasteiger partial charge in [0, 0.05) is 4.48 Å². The Morgan fingerprint density at radius 3 is 2.74 bits per heavy atom. The van der Waals surface area contributed by atoms with Crippen LogP contribution in [-0.2, 0) is 4.79 Å². The lowest BCUT2D eigenvalue weighted by atomic mass is 10.2. The molecule has 2 rings (SSSR count). The number of ether oxygens (including phenoxy) is 1. The fourth-order valence-electron chi connectivity index (χ4n) is 1.80. The van der Waals surface area contributed by atoms with Gasteiger partial charge in [-0.05, 0) is 52.2 Å². The molecule has 0 atom stereocenters. The van der Waals surface area contributed by atoms with Gasteiger partial charge in [-0.15, -0.1) is 0 Å². The van der Waals surface area contributed by atoms with Crippen LogP contribution >= 0.6 is 15.9 Å². The van der Waals surface area contributed by atoms with Crippen molar-refractivity contribution in [1.82, 2.24) is 5.43 Å². The maximum Gasteiger partial charge on any atom is 0.277 e. The highest BCUT2D eigenvalue weighted by molar-refractivity contribution is 9.12. The van der Waals surface area contributed by atoms with Gasteiger partial charge in [0.1, 0.15) is 5.75 Å². The number of rotatable bonds is 6. The third-order valence-corrected chi connectivity index (χ3v) is 3.27. The first-order chi connectivity index (χ1) is 11.1. The molecule has 0 saturated heterocycles. The average molecular weight is 373 g/mol. The average Bonchev–Trinajstić information content (AvgIpc) is 2.54. The van der Waals surface area contributed by atoms with Gasteiger partial charge in [-0.3, -0.25) is 4.79 Å². The van der Waals surface area contributed by atoms with Crippen molar-refractivity contribution in [3.05, 3.63) is 70.2 Å². The number of amides is 1. The molecule has 0 bridgehead atoms. The van der Waals surface area contributed by atoms with E-state index >= 15 is 0 Å². The zero-order valence-electron chi connectivity index (χ0n) is 12.7. The molecular formula is C18H17BrN2O2. The van der Waals surface area contributed by atoms with E-state index in [1.165, 1.54) is 6.21 Å². The molecule has 5 heteroatoms. The molecule has 0 radical (unpaired) electrons. The van der Waals surface area contributed by atoms with Gasteiger partial charge in [-0.2, -0.15) is 5.10 Å². The van der Waals surface area contributed by atoms with Crippen molar-refractivity contribution in [2.75, 3.05) is 6.61 Å². The van der Waals surface area contributed by atoms with E-state index in [4.69, 9.17) is 4.74 Å². The first-order valence-corrected chi connectivity index (χ1v) is 7.86. The van der Waals surface area contributed by atoms with Crippen molar-refractivity contribution in [2.45, 2.75) is 6.92 Å². The number of carbonyl (C=O) groups is 1. The molecule has 0 saturated carbocycles. The molecule has 0 unspecified atom stereocenters. The second kappa shape index (κ2) is 8.90. The summed E-state index contributed by atoms with van der Waals surface area (Å²) in [6, 6.07) is 17.3. The zero-order chi connectivity index (χ0) is 16.5. The quantitative estimate of drug-likeness (QED) is 0.617. The van der Waals surface area contributed by atoms with Gasteiger partial charge in [0.05, 0.1) is 6.21 Å². The van der Waals surface area contributed by atoms with E-state index in [1.54, 1.807) is 0 Å². The number of hydrazone groups is 1.